The van der Waals surface area contributed by atoms with Gasteiger partial charge in [0.2, 0.25) is 17.7 Å². The number of carbonyl (C=O) groups excluding carboxylic acids is 3. The molecule has 0 aromatic heterocycles. The molecule has 4 unspecified atom stereocenters. The molecule has 0 spiro atoms. The van der Waals surface area contributed by atoms with Gasteiger partial charge in [0.1, 0.15) is 23.9 Å². The van der Waals surface area contributed by atoms with E-state index in [1.807, 2.05) is 13.8 Å². The van der Waals surface area contributed by atoms with Crippen LogP contribution in [-0.2, 0) is 25.6 Å². The molecular formula is C21H32N4O7. The van der Waals surface area contributed by atoms with Crippen molar-refractivity contribution >= 4 is 23.7 Å². The van der Waals surface area contributed by atoms with Gasteiger partial charge in [0, 0.05) is 6.42 Å². The smallest absolute Gasteiger partial charge is 0.326 e. The monoisotopic (exact) mass is 452 g/mol. The molecule has 1 aromatic carbocycles. The van der Waals surface area contributed by atoms with Crippen molar-refractivity contribution in [2.75, 3.05) is 6.54 Å². The maximum atomic E-state index is 12.8. The topological polar surface area (TPSA) is 191 Å². The molecule has 8 N–H and O–H groups in total. The van der Waals surface area contributed by atoms with Crippen LogP contribution in [0.1, 0.15) is 32.8 Å². The molecule has 0 saturated heterocycles. The Kier molecular flexibility index (Phi) is 10.6. The minimum absolute atomic E-state index is 0.0266. The Balaban J connectivity index is 2.96. The number of aromatic hydroxyl groups is 1. The Bertz CT molecular complexity index is 796. The minimum Gasteiger partial charge on any atom is -0.508 e. The van der Waals surface area contributed by atoms with Gasteiger partial charge in [-0.25, -0.2) is 4.79 Å². The summed E-state index contributed by atoms with van der Waals surface area (Å²) >= 11 is 0. The number of hydrogen-bond donors (Lipinski definition) is 7. The molecule has 11 nitrogen and oxygen atoms in total. The summed E-state index contributed by atoms with van der Waals surface area (Å²) in [5.41, 5.74) is 5.81. The van der Waals surface area contributed by atoms with Gasteiger partial charge in [-0.3, -0.25) is 14.4 Å². The van der Waals surface area contributed by atoms with E-state index in [0.29, 0.717) is 5.56 Å². The summed E-state index contributed by atoms with van der Waals surface area (Å²) in [5, 5.41) is 35.9. The Morgan fingerprint density at radius 1 is 0.938 bits per heavy atom. The second-order valence-corrected chi connectivity index (χ2v) is 7.95. The van der Waals surface area contributed by atoms with Crippen molar-refractivity contribution in [2.24, 2.45) is 11.7 Å². The molecule has 1 rings (SSSR count). The van der Waals surface area contributed by atoms with Crippen molar-refractivity contribution in [1.29, 1.82) is 0 Å². The van der Waals surface area contributed by atoms with Crippen LogP contribution >= 0.6 is 0 Å². The number of hydrogen-bond acceptors (Lipinski definition) is 7. The lowest BCUT2D eigenvalue weighted by molar-refractivity contribution is -0.142. The Labute approximate surface area is 186 Å². The fourth-order valence-electron chi connectivity index (χ4n) is 2.94. The summed E-state index contributed by atoms with van der Waals surface area (Å²) in [5.74, 6) is -3.44. The largest absolute Gasteiger partial charge is 0.508 e. The summed E-state index contributed by atoms with van der Waals surface area (Å²) in [6.07, 6.45) is -1.10. The second kappa shape index (κ2) is 12.6. The fourth-order valence-corrected chi connectivity index (χ4v) is 2.94. The second-order valence-electron chi connectivity index (χ2n) is 7.95. The van der Waals surface area contributed by atoms with Crippen molar-refractivity contribution in [3.8, 4) is 5.75 Å². The zero-order valence-corrected chi connectivity index (χ0v) is 18.4. The highest BCUT2D eigenvalue weighted by Crippen LogP contribution is 2.12. The normalized spacial score (nSPS) is 14.7. The van der Waals surface area contributed by atoms with E-state index in [1.165, 1.54) is 31.2 Å². The Morgan fingerprint density at radius 2 is 1.50 bits per heavy atom. The van der Waals surface area contributed by atoms with Gasteiger partial charge in [-0.15, -0.1) is 0 Å². The SMILES string of the molecule is CC(C)CC(NC(=O)C(NC(=O)CN)C(C)O)C(=O)NC(Cc1ccc(O)cc1)C(=O)O. The maximum absolute atomic E-state index is 12.8. The molecule has 11 heteroatoms. The van der Waals surface area contributed by atoms with Crippen LogP contribution in [0.25, 0.3) is 0 Å². The van der Waals surface area contributed by atoms with E-state index < -0.39 is 47.9 Å². The van der Waals surface area contributed by atoms with Crippen LogP contribution < -0.4 is 21.7 Å². The Hall–Kier alpha value is -3.18. The van der Waals surface area contributed by atoms with E-state index in [4.69, 9.17) is 5.73 Å². The van der Waals surface area contributed by atoms with Crippen LogP contribution in [0.15, 0.2) is 24.3 Å². The van der Waals surface area contributed by atoms with Gasteiger partial charge in [-0.2, -0.15) is 0 Å². The van der Waals surface area contributed by atoms with Crippen LogP contribution in [0.3, 0.4) is 0 Å². The molecule has 0 heterocycles. The minimum atomic E-state index is -1.33. The molecule has 0 bridgehead atoms. The lowest BCUT2D eigenvalue weighted by Crippen LogP contribution is -2.59. The van der Waals surface area contributed by atoms with Crippen LogP contribution in [0.5, 0.6) is 5.75 Å². The van der Waals surface area contributed by atoms with Gasteiger partial charge in [-0.05, 0) is 37.0 Å². The van der Waals surface area contributed by atoms with Crippen LogP contribution in [0, 0.1) is 5.92 Å². The average molecular weight is 453 g/mol. The predicted molar refractivity (Wildman–Crippen MR) is 115 cm³/mol. The number of nitrogens with one attached hydrogen (secondary N) is 3. The van der Waals surface area contributed by atoms with E-state index in [2.05, 4.69) is 16.0 Å². The third-order valence-electron chi connectivity index (χ3n) is 4.60. The number of amides is 3. The highest BCUT2D eigenvalue weighted by molar-refractivity contribution is 5.93. The number of aliphatic carboxylic acids is 1. The lowest BCUT2D eigenvalue weighted by atomic mass is 10.0. The van der Waals surface area contributed by atoms with Gasteiger partial charge in [-0.1, -0.05) is 26.0 Å². The molecule has 0 fully saturated rings. The number of aliphatic hydroxyl groups is 1. The van der Waals surface area contributed by atoms with Crippen LogP contribution in [0.2, 0.25) is 0 Å². The third-order valence-corrected chi connectivity index (χ3v) is 4.60. The third kappa shape index (κ3) is 8.90. The molecule has 0 radical (unpaired) electrons. The molecule has 1 aromatic rings. The summed E-state index contributed by atoms with van der Waals surface area (Å²) in [6.45, 7) is 4.56. The van der Waals surface area contributed by atoms with E-state index in [9.17, 15) is 34.5 Å². The number of benzene rings is 1. The number of phenols is 1. The first kappa shape index (κ1) is 26.9. The van der Waals surface area contributed by atoms with Gasteiger partial charge >= 0.3 is 5.97 Å². The summed E-state index contributed by atoms with van der Waals surface area (Å²) in [7, 11) is 0. The van der Waals surface area contributed by atoms with Crippen LogP contribution in [0.4, 0.5) is 0 Å². The molecule has 4 atom stereocenters. The molecule has 0 aliphatic heterocycles. The van der Waals surface area contributed by atoms with Crippen molar-refractivity contribution in [3.05, 3.63) is 29.8 Å². The quantitative estimate of drug-likeness (QED) is 0.207. The van der Waals surface area contributed by atoms with E-state index >= 15 is 0 Å². The lowest BCUT2D eigenvalue weighted by Gasteiger charge is -2.26. The first-order valence-corrected chi connectivity index (χ1v) is 10.2. The zero-order valence-electron chi connectivity index (χ0n) is 18.4. The number of aliphatic hydroxyl groups excluding tert-OH is 1. The highest BCUT2D eigenvalue weighted by Gasteiger charge is 2.31. The van der Waals surface area contributed by atoms with Gasteiger partial charge in [0.05, 0.1) is 12.6 Å². The van der Waals surface area contributed by atoms with Gasteiger partial charge in [0.15, 0.2) is 0 Å². The maximum Gasteiger partial charge on any atom is 0.326 e. The summed E-state index contributed by atoms with van der Waals surface area (Å²) in [6, 6.07) is 2.19. The van der Waals surface area contributed by atoms with E-state index in [1.54, 1.807) is 0 Å². The van der Waals surface area contributed by atoms with Gasteiger partial charge in [0.25, 0.3) is 0 Å². The number of carboxylic acids is 1. The first-order valence-electron chi connectivity index (χ1n) is 10.2. The predicted octanol–water partition coefficient (Wildman–Crippen LogP) is -1.14. The number of rotatable bonds is 12. The first-order chi connectivity index (χ1) is 14.9. The number of carbonyl (C=O) groups is 4. The molecule has 0 aliphatic rings. The van der Waals surface area contributed by atoms with Gasteiger partial charge < -0.3 is 37.0 Å². The standard InChI is InChI=1S/C21H32N4O7/c1-11(2)8-15(23-20(30)18(12(3)26)25-17(28)10-22)19(29)24-16(21(31)32)9-13-4-6-14(27)7-5-13/h4-7,11-12,15-16,18,26-27H,8-10,22H2,1-3H3,(H,23,30)(H,24,29)(H,25,28)(H,31,32). The molecule has 32 heavy (non-hydrogen) atoms. The number of nitrogens with two attached hydrogens (primary N) is 1. The summed E-state index contributed by atoms with van der Waals surface area (Å²) in [4.78, 5) is 48.7. The van der Waals surface area contributed by atoms with Crippen molar-refractivity contribution < 1.29 is 34.5 Å². The molecular weight excluding hydrogens is 420 g/mol. The average Bonchev–Trinajstić information content (AvgIpc) is 2.71. The Morgan fingerprint density at radius 3 is 1.97 bits per heavy atom. The molecule has 0 aliphatic carbocycles. The molecule has 3 amide bonds. The highest BCUT2D eigenvalue weighted by atomic mass is 16.4. The fraction of sp³-hybridized carbons (Fsp3) is 0.524. The molecule has 178 valence electrons. The van der Waals surface area contributed by atoms with Crippen molar-refractivity contribution in [2.45, 2.75) is 57.8 Å². The summed E-state index contributed by atoms with van der Waals surface area (Å²) < 4.78 is 0. The molecule has 0 saturated carbocycles. The van der Waals surface area contributed by atoms with Crippen LogP contribution in [-0.4, -0.2) is 69.8 Å². The van der Waals surface area contributed by atoms with E-state index in [-0.39, 0.29) is 31.1 Å². The number of phenolic OH excluding ortho intramolecular Hbond substituents is 1. The zero-order chi connectivity index (χ0) is 24.4. The van der Waals surface area contributed by atoms with Crippen molar-refractivity contribution in [3.63, 3.8) is 0 Å². The van der Waals surface area contributed by atoms with Crippen molar-refractivity contribution in [1.82, 2.24) is 16.0 Å². The van der Waals surface area contributed by atoms with E-state index in [0.717, 1.165) is 0 Å². The number of carboxylic acid groups (broad SMARTS) is 1.